The number of ether oxygens (including phenoxy) is 3. The lowest BCUT2D eigenvalue weighted by Crippen LogP contribution is -2.57. The number of amides is 3. The fourth-order valence-corrected chi connectivity index (χ4v) is 11.2. The van der Waals surface area contributed by atoms with E-state index in [4.69, 9.17) is 31.5 Å². The first kappa shape index (κ1) is 41.5. The smallest absolute Gasteiger partial charge is 0.335 e. The summed E-state index contributed by atoms with van der Waals surface area (Å²) in [6.07, 6.45) is 1.41. The van der Waals surface area contributed by atoms with Gasteiger partial charge < -0.3 is 45.1 Å². The van der Waals surface area contributed by atoms with Crippen molar-refractivity contribution in [2.75, 3.05) is 57.1 Å². The average Bonchev–Trinajstić information content (AvgIpc) is 3.83. The molecule has 3 saturated heterocycles. The van der Waals surface area contributed by atoms with Gasteiger partial charge in [-0.2, -0.15) is 5.26 Å². The maximum Gasteiger partial charge on any atom is 0.335 e. The molecule has 7 heterocycles. The largest absolute Gasteiger partial charge is 0.491 e. The molecule has 0 saturated carbocycles. The molecule has 64 heavy (non-hydrogen) atoms. The maximum absolute atomic E-state index is 16.2. The zero-order chi connectivity index (χ0) is 44.9. The molecule has 4 N–H and O–H groups in total. The SMILES string of the molecule is C=C(COc1ccc2c(c1)C(CC)=C1CN3C(=O)C4COC(=O)C(O)C4C=C3C1N2)C(=O)N1CCN2C(=O)c3cc(F)c(-c4ccc(F)c5sc(N)c(C#N)c45)c(Cl)c3OCCC2C1. The number of anilines is 2. The number of hydrogen-bond donors (Lipinski definition) is 3. The number of rotatable bonds is 6. The second kappa shape index (κ2) is 15.6. The standard InChI is InChI=1S/C46H39ClF2N6O8S/c1-3-23-25-12-22(4-7-33(25)52-38-29(23)17-55-34(38)14-26-30(45(55)59)19-63-46(60)39(26)56)62-18-20(2)43(57)53-9-10-54-21(16-53)8-11-61-40-27(44(54)58)13-32(49)36(37(40)47)24-5-6-31(48)41-35(24)28(15-50)42(51)64-41/h4-7,12-14,21,26,30,38-39,52,56H,2-3,8-11,16-19,51H2,1H3. The van der Waals surface area contributed by atoms with E-state index < -0.39 is 47.5 Å². The van der Waals surface area contributed by atoms with E-state index in [1.54, 1.807) is 20.8 Å². The minimum absolute atomic E-state index is 0.00569. The van der Waals surface area contributed by atoms with Crippen LogP contribution in [0.3, 0.4) is 0 Å². The Hall–Kier alpha value is -6.48. The van der Waals surface area contributed by atoms with Gasteiger partial charge in [0, 0.05) is 72.0 Å². The number of fused-ring (bicyclic) bond motifs is 8. The Balaban J connectivity index is 0.821. The topological polar surface area (TPSA) is 188 Å². The van der Waals surface area contributed by atoms with Crippen LogP contribution < -0.4 is 20.5 Å². The number of nitriles is 1. The molecule has 4 aromatic rings. The molecule has 328 valence electrons. The van der Waals surface area contributed by atoms with Crippen molar-refractivity contribution >= 4 is 73.0 Å². The van der Waals surface area contributed by atoms with Crippen LogP contribution in [0.4, 0.5) is 19.5 Å². The van der Waals surface area contributed by atoms with Gasteiger partial charge in [0.25, 0.3) is 11.8 Å². The summed E-state index contributed by atoms with van der Waals surface area (Å²) in [5.74, 6) is -4.13. The Morgan fingerprint density at radius 3 is 2.72 bits per heavy atom. The van der Waals surface area contributed by atoms with Crippen molar-refractivity contribution < 1.29 is 47.3 Å². The summed E-state index contributed by atoms with van der Waals surface area (Å²) >= 11 is 7.69. The summed E-state index contributed by atoms with van der Waals surface area (Å²) < 4.78 is 48.3. The first-order valence-corrected chi connectivity index (χ1v) is 22.0. The van der Waals surface area contributed by atoms with Gasteiger partial charge in [-0.1, -0.05) is 37.2 Å². The van der Waals surface area contributed by atoms with Crippen molar-refractivity contribution in [2.24, 2.45) is 11.8 Å². The quantitative estimate of drug-likeness (QED) is 0.155. The lowest BCUT2D eigenvalue weighted by molar-refractivity contribution is -0.172. The van der Waals surface area contributed by atoms with Gasteiger partial charge in [-0.3, -0.25) is 14.4 Å². The summed E-state index contributed by atoms with van der Waals surface area (Å²) in [6.45, 7) is 6.79. The van der Waals surface area contributed by atoms with Crippen molar-refractivity contribution in [3.8, 4) is 28.7 Å². The number of esters is 1. The Kier molecular flexibility index (Phi) is 10.2. The predicted octanol–water partition coefficient (Wildman–Crippen LogP) is 5.87. The minimum Gasteiger partial charge on any atom is -0.491 e. The highest BCUT2D eigenvalue weighted by Gasteiger charge is 2.51. The number of nitrogens with two attached hydrogens (primary N) is 1. The Morgan fingerprint density at radius 1 is 1.12 bits per heavy atom. The maximum atomic E-state index is 16.2. The summed E-state index contributed by atoms with van der Waals surface area (Å²) in [5.41, 5.74) is 10.6. The van der Waals surface area contributed by atoms with Crippen LogP contribution in [-0.2, 0) is 19.1 Å². The van der Waals surface area contributed by atoms with E-state index in [2.05, 4.69) is 11.9 Å². The molecule has 6 aliphatic heterocycles. The number of hydrogen-bond acceptors (Lipinski definition) is 12. The van der Waals surface area contributed by atoms with Crippen LogP contribution in [0.5, 0.6) is 11.5 Å². The molecule has 0 aliphatic carbocycles. The number of carbonyl (C=O) groups excluding carboxylic acids is 4. The van der Waals surface area contributed by atoms with Gasteiger partial charge in [-0.25, -0.2) is 13.6 Å². The number of nitrogen functional groups attached to an aromatic ring is 1. The monoisotopic (exact) mass is 908 g/mol. The van der Waals surface area contributed by atoms with Crippen molar-refractivity contribution in [1.29, 1.82) is 5.26 Å². The number of carbonyl (C=O) groups is 4. The molecule has 3 fully saturated rings. The number of benzene rings is 3. The highest BCUT2D eigenvalue weighted by Crippen LogP contribution is 2.49. The average molecular weight is 909 g/mol. The third-order valence-corrected chi connectivity index (χ3v) is 14.5. The number of aliphatic hydroxyl groups excluding tert-OH is 1. The number of aliphatic hydroxyl groups is 1. The number of allylic oxidation sites excluding steroid dienone is 1. The summed E-state index contributed by atoms with van der Waals surface area (Å²) in [7, 11) is 0. The number of halogens is 3. The number of nitrogens with one attached hydrogen (secondary N) is 1. The molecule has 3 amide bonds. The molecule has 0 spiro atoms. The van der Waals surface area contributed by atoms with Crippen LogP contribution in [0.15, 0.2) is 65.9 Å². The third-order valence-electron chi connectivity index (χ3n) is 13.1. The fourth-order valence-electron chi connectivity index (χ4n) is 9.95. The molecule has 0 radical (unpaired) electrons. The van der Waals surface area contributed by atoms with Gasteiger partial charge in [-0.15, -0.1) is 11.3 Å². The molecule has 18 heteroatoms. The molecule has 5 unspecified atom stereocenters. The number of thiophene rings is 1. The highest BCUT2D eigenvalue weighted by atomic mass is 35.5. The van der Waals surface area contributed by atoms with Gasteiger partial charge in [0.1, 0.15) is 41.7 Å². The van der Waals surface area contributed by atoms with Crippen molar-refractivity contribution in [3.05, 3.63) is 99.2 Å². The highest BCUT2D eigenvalue weighted by molar-refractivity contribution is 7.23. The molecule has 3 aromatic carbocycles. The molecule has 14 nitrogen and oxygen atoms in total. The van der Waals surface area contributed by atoms with Crippen molar-refractivity contribution in [1.82, 2.24) is 14.7 Å². The van der Waals surface area contributed by atoms with Crippen molar-refractivity contribution in [3.63, 3.8) is 0 Å². The van der Waals surface area contributed by atoms with Gasteiger partial charge in [0.05, 0.1) is 45.5 Å². The Bertz CT molecular complexity index is 2890. The normalized spacial score (nSPS) is 23.5. The first-order valence-electron chi connectivity index (χ1n) is 20.8. The summed E-state index contributed by atoms with van der Waals surface area (Å²) in [6, 6.07) is 10.2. The molecular weight excluding hydrogens is 870 g/mol. The summed E-state index contributed by atoms with van der Waals surface area (Å²) in [4.78, 5) is 58.5. The fraction of sp³-hybridized carbons (Fsp3) is 0.326. The summed E-state index contributed by atoms with van der Waals surface area (Å²) in [5, 5.41) is 23.9. The molecule has 0 bridgehead atoms. The van der Waals surface area contributed by atoms with Crippen LogP contribution in [0.1, 0.15) is 41.3 Å². The van der Waals surface area contributed by atoms with Gasteiger partial charge in [0.15, 0.2) is 11.9 Å². The van der Waals surface area contributed by atoms with Crippen LogP contribution in [-0.4, -0.2) is 108 Å². The lowest BCUT2D eigenvalue weighted by atomic mass is 9.81. The Morgan fingerprint density at radius 2 is 1.94 bits per heavy atom. The van der Waals surface area contributed by atoms with E-state index in [1.807, 2.05) is 31.2 Å². The number of cyclic esters (lactones) is 1. The van der Waals surface area contributed by atoms with E-state index in [9.17, 15) is 33.9 Å². The van der Waals surface area contributed by atoms with Gasteiger partial charge in [-0.05, 0) is 53.5 Å². The molecule has 1 aromatic heterocycles. The Labute approximate surface area is 373 Å². The van der Waals surface area contributed by atoms with Crippen LogP contribution in [0.25, 0.3) is 26.8 Å². The number of nitrogens with zero attached hydrogens (tertiary/aromatic N) is 4. The molecule has 10 rings (SSSR count). The van der Waals surface area contributed by atoms with Crippen molar-refractivity contribution in [2.45, 2.75) is 38.0 Å². The van der Waals surface area contributed by atoms with E-state index in [0.29, 0.717) is 30.8 Å². The second-order valence-electron chi connectivity index (χ2n) is 16.5. The van der Waals surface area contributed by atoms with E-state index in [0.717, 1.165) is 45.9 Å². The van der Waals surface area contributed by atoms with Gasteiger partial charge >= 0.3 is 5.97 Å². The second-order valence-corrected chi connectivity index (χ2v) is 18.0. The van der Waals surface area contributed by atoms with Crippen LogP contribution in [0.2, 0.25) is 5.02 Å². The van der Waals surface area contributed by atoms with E-state index in [1.165, 1.54) is 6.07 Å². The minimum atomic E-state index is -1.41. The van der Waals surface area contributed by atoms with Crippen LogP contribution >= 0.6 is 22.9 Å². The molecule has 6 aliphatic rings. The predicted molar refractivity (Wildman–Crippen MR) is 232 cm³/mol. The zero-order valence-corrected chi connectivity index (χ0v) is 35.8. The number of piperazine rings is 1. The van der Waals surface area contributed by atoms with Gasteiger partial charge in [0.2, 0.25) is 5.91 Å². The van der Waals surface area contributed by atoms with E-state index >= 15 is 4.39 Å². The lowest BCUT2D eigenvalue weighted by Gasteiger charge is -2.42. The molecular formula is C46H39ClF2N6O8S. The van der Waals surface area contributed by atoms with Crippen LogP contribution in [0, 0.1) is 34.8 Å². The first-order chi connectivity index (χ1) is 30.8. The zero-order valence-electron chi connectivity index (χ0n) is 34.2. The molecule has 5 atom stereocenters. The van der Waals surface area contributed by atoms with E-state index in [-0.39, 0.29) is 111 Å². The third kappa shape index (κ3) is 6.40.